The van der Waals surface area contributed by atoms with Crippen molar-refractivity contribution in [2.75, 3.05) is 38.0 Å². The molecule has 108 valence electrons. The van der Waals surface area contributed by atoms with Crippen LogP contribution in [0.5, 0.6) is 0 Å². The van der Waals surface area contributed by atoms with Gasteiger partial charge in [-0.25, -0.2) is 0 Å². The molecule has 2 rings (SSSR count). The molecule has 2 amide bonds. The summed E-state index contributed by atoms with van der Waals surface area (Å²) in [5.74, 6) is -0.00666. The van der Waals surface area contributed by atoms with Crippen molar-refractivity contribution in [3.63, 3.8) is 0 Å². The maximum absolute atomic E-state index is 12.0. The van der Waals surface area contributed by atoms with Gasteiger partial charge in [-0.2, -0.15) is 0 Å². The first kappa shape index (κ1) is 14.5. The van der Waals surface area contributed by atoms with Gasteiger partial charge in [-0.15, -0.1) is 0 Å². The molecule has 1 saturated heterocycles. The topological polar surface area (TPSA) is 52.7 Å². The summed E-state index contributed by atoms with van der Waals surface area (Å²) in [6.45, 7) is 7.34. The number of amides is 2. The standard InChI is InChI=1S/C15H21N3O2/c1-12-3-4-14(9-13(12)2)16-15(20)10-17-5-7-18(11-19)8-6-17/h3-4,9,11H,5-8,10H2,1-2H3,(H,16,20). The van der Waals surface area contributed by atoms with Crippen LogP contribution in [0.3, 0.4) is 0 Å². The van der Waals surface area contributed by atoms with E-state index in [1.165, 1.54) is 11.1 Å². The smallest absolute Gasteiger partial charge is 0.238 e. The summed E-state index contributed by atoms with van der Waals surface area (Å²) in [4.78, 5) is 26.4. The Hall–Kier alpha value is -1.88. The van der Waals surface area contributed by atoms with Crippen molar-refractivity contribution in [3.05, 3.63) is 29.3 Å². The normalized spacial score (nSPS) is 16.0. The number of nitrogens with zero attached hydrogens (tertiary/aromatic N) is 2. The van der Waals surface area contributed by atoms with Gasteiger partial charge in [0.25, 0.3) is 0 Å². The first-order valence-corrected chi connectivity index (χ1v) is 6.87. The highest BCUT2D eigenvalue weighted by molar-refractivity contribution is 5.92. The summed E-state index contributed by atoms with van der Waals surface area (Å²) in [6, 6.07) is 5.91. The lowest BCUT2D eigenvalue weighted by atomic mass is 10.1. The van der Waals surface area contributed by atoms with Gasteiger partial charge in [0.05, 0.1) is 6.54 Å². The van der Waals surface area contributed by atoms with Crippen LogP contribution in [0.15, 0.2) is 18.2 Å². The highest BCUT2D eigenvalue weighted by atomic mass is 16.2. The highest BCUT2D eigenvalue weighted by Crippen LogP contribution is 2.14. The Morgan fingerprint density at radius 3 is 2.50 bits per heavy atom. The van der Waals surface area contributed by atoms with E-state index < -0.39 is 0 Å². The minimum absolute atomic E-state index is 0.00666. The van der Waals surface area contributed by atoms with Crippen LogP contribution >= 0.6 is 0 Å². The second kappa shape index (κ2) is 6.52. The van der Waals surface area contributed by atoms with Crippen molar-refractivity contribution in [1.29, 1.82) is 0 Å². The third-order valence-corrected chi connectivity index (χ3v) is 3.71. The zero-order valence-corrected chi connectivity index (χ0v) is 12.1. The van der Waals surface area contributed by atoms with Crippen molar-refractivity contribution in [2.24, 2.45) is 0 Å². The first-order valence-electron chi connectivity index (χ1n) is 6.87. The Morgan fingerprint density at radius 2 is 1.90 bits per heavy atom. The molecule has 1 aliphatic heterocycles. The van der Waals surface area contributed by atoms with Gasteiger partial charge in [0, 0.05) is 31.9 Å². The second-order valence-electron chi connectivity index (χ2n) is 5.26. The number of nitrogens with one attached hydrogen (secondary N) is 1. The van der Waals surface area contributed by atoms with Gasteiger partial charge in [-0.05, 0) is 37.1 Å². The van der Waals surface area contributed by atoms with Crippen LogP contribution in [0.2, 0.25) is 0 Å². The van der Waals surface area contributed by atoms with E-state index in [1.807, 2.05) is 32.0 Å². The van der Waals surface area contributed by atoms with Crippen LogP contribution in [0, 0.1) is 13.8 Å². The molecule has 0 aliphatic carbocycles. The molecule has 0 bridgehead atoms. The summed E-state index contributed by atoms with van der Waals surface area (Å²) < 4.78 is 0. The highest BCUT2D eigenvalue weighted by Gasteiger charge is 2.17. The number of rotatable bonds is 4. The molecule has 0 atom stereocenters. The van der Waals surface area contributed by atoms with Gasteiger partial charge >= 0.3 is 0 Å². The third-order valence-electron chi connectivity index (χ3n) is 3.71. The Morgan fingerprint density at radius 1 is 1.20 bits per heavy atom. The van der Waals surface area contributed by atoms with Gasteiger partial charge in [0.15, 0.2) is 0 Å². The number of carbonyl (C=O) groups is 2. The van der Waals surface area contributed by atoms with E-state index in [0.717, 1.165) is 25.2 Å². The second-order valence-corrected chi connectivity index (χ2v) is 5.26. The first-order chi connectivity index (χ1) is 9.58. The van der Waals surface area contributed by atoms with Crippen LogP contribution in [0.1, 0.15) is 11.1 Å². The third kappa shape index (κ3) is 3.81. The lowest BCUT2D eigenvalue weighted by molar-refractivity contribution is -0.120. The number of benzene rings is 1. The molecule has 0 radical (unpaired) electrons. The lowest BCUT2D eigenvalue weighted by Crippen LogP contribution is -2.48. The van der Waals surface area contributed by atoms with E-state index in [9.17, 15) is 9.59 Å². The summed E-state index contributed by atoms with van der Waals surface area (Å²) in [5, 5.41) is 2.92. The minimum Gasteiger partial charge on any atom is -0.343 e. The maximum atomic E-state index is 12.0. The van der Waals surface area contributed by atoms with E-state index in [0.29, 0.717) is 19.6 Å². The van der Waals surface area contributed by atoms with Crippen LogP contribution in [0.25, 0.3) is 0 Å². The predicted molar refractivity (Wildman–Crippen MR) is 78.6 cm³/mol. The van der Waals surface area contributed by atoms with Crippen molar-refractivity contribution < 1.29 is 9.59 Å². The molecular formula is C15H21N3O2. The lowest BCUT2D eigenvalue weighted by Gasteiger charge is -2.31. The van der Waals surface area contributed by atoms with E-state index in [4.69, 9.17) is 0 Å². The largest absolute Gasteiger partial charge is 0.343 e. The maximum Gasteiger partial charge on any atom is 0.238 e. The Labute approximate surface area is 119 Å². The molecule has 20 heavy (non-hydrogen) atoms. The Balaban J connectivity index is 1.83. The molecule has 1 aromatic carbocycles. The van der Waals surface area contributed by atoms with E-state index >= 15 is 0 Å². The van der Waals surface area contributed by atoms with Gasteiger partial charge in [-0.3, -0.25) is 14.5 Å². The zero-order valence-electron chi connectivity index (χ0n) is 12.1. The van der Waals surface area contributed by atoms with E-state index in [2.05, 4.69) is 10.2 Å². The van der Waals surface area contributed by atoms with Crippen molar-refractivity contribution in [3.8, 4) is 0 Å². The van der Waals surface area contributed by atoms with Crippen LogP contribution in [-0.2, 0) is 9.59 Å². The molecule has 0 saturated carbocycles. The SMILES string of the molecule is Cc1ccc(NC(=O)CN2CCN(C=O)CC2)cc1C. The molecule has 1 fully saturated rings. The fourth-order valence-corrected chi connectivity index (χ4v) is 2.25. The Kier molecular flexibility index (Phi) is 4.74. The molecule has 0 spiro atoms. The van der Waals surface area contributed by atoms with Crippen molar-refractivity contribution >= 4 is 18.0 Å². The van der Waals surface area contributed by atoms with Crippen LogP contribution in [0.4, 0.5) is 5.69 Å². The van der Waals surface area contributed by atoms with Gasteiger partial charge < -0.3 is 10.2 Å². The number of hydrogen-bond donors (Lipinski definition) is 1. The molecular weight excluding hydrogens is 254 g/mol. The van der Waals surface area contributed by atoms with E-state index in [1.54, 1.807) is 4.90 Å². The molecule has 1 heterocycles. The molecule has 1 aromatic rings. The van der Waals surface area contributed by atoms with Gasteiger partial charge in [0.1, 0.15) is 0 Å². The van der Waals surface area contributed by atoms with Crippen LogP contribution in [-0.4, -0.2) is 54.8 Å². The average Bonchev–Trinajstić information content (AvgIpc) is 2.44. The number of hydrogen-bond acceptors (Lipinski definition) is 3. The summed E-state index contributed by atoms with van der Waals surface area (Å²) in [6.07, 6.45) is 0.868. The van der Waals surface area contributed by atoms with Gasteiger partial charge in [-0.1, -0.05) is 6.07 Å². The quantitative estimate of drug-likeness (QED) is 0.835. The fourth-order valence-electron chi connectivity index (χ4n) is 2.25. The van der Waals surface area contributed by atoms with Gasteiger partial charge in [0.2, 0.25) is 12.3 Å². The molecule has 5 nitrogen and oxygen atoms in total. The fraction of sp³-hybridized carbons (Fsp3) is 0.467. The average molecular weight is 275 g/mol. The number of carbonyl (C=O) groups excluding carboxylic acids is 2. The number of anilines is 1. The summed E-state index contributed by atoms with van der Waals surface area (Å²) in [7, 11) is 0. The number of aryl methyl sites for hydroxylation is 2. The zero-order chi connectivity index (χ0) is 14.5. The molecule has 5 heteroatoms. The molecule has 0 unspecified atom stereocenters. The summed E-state index contributed by atoms with van der Waals surface area (Å²) >= 11 is 0. The Bertz CT molecular complexity index is 494. The monoisotopic (exact) mass is 275 g/mol. The molecule has 0 aromatic heterocycles. The van der Waals surface area contributed by atoms with E-state index in [-0.39, 0.29) is 5.91 Å². The predicted octanol–water partition coefficient (Wildman–Crippen LogP) is 1.02. The van der Waals surface area contributed by atoms with Crippen LogP contribution < -0.4 is 5.32 Å². The van der Waals surface area contributed by atoms with Crippen molar-refractivity contribution in [1.82, 2.24) is 9.80 Å². The molecule has 1 N–H and O–H groups in total. The van der Waals surface area contributed by atoms with Crippen molar-refractivity contribution in [2.45, 2.75) is 13.8 Å². The number of piperazine rings is 1. The molecule has 1 aliphatic rings. The summed E-state index contributed by atoms with van der Waals surface area (Å²) in [5.41, 5.74) is 3.22. The minimum atomic E-state index is -0.00666.